The fourth-order valence-corrected chi connectivity index (χ4v) is 4.11. The Morgan fingerprint density at radius 3 is 2.44 bits per heavy atom. The van der Waals surface area contributed by atoms with Gasteiger partial charge in [0, 0.05) is 38.8 Å². The molecule has 3 N–H and O–H groups in total. The van der Waals surface area contributed by atoms with E-state index in [0.29, 0.717) is 17.2 Å². The van der Waals surface area contributed by atoms with Crippen LogP contribution < -0.4 is 10.5 Å². The number of aromatic carboxylic acids is 1. The van der Waals surface area contributed by atoms with Gasteiger partial charge >= 0.3 is 12.0 Å². The molecule has 0 unspecified atom stereocenters. The molecule has 5 rings (SSSR count). The average Bonchev–Trinajstić information content (AvgIpc) is 3.52. The minimum Gasteiger partial charge on any atom is -0.494 e. The smallest absolute Gasteiger partial charge is 0.335 e. The van der Waals surface area contributed by atoms with Gasteiger partial charge in [-0.1, -0.05) is 6.92 Å². The number of methoxy groups -OCH3 is 1. The monoisotopic (exact) mass is 492 g/mol. The van der Waals surface area contributed by atoms with Crippen molar-refractivity contribution in [1.82, 2.24) is 24.0 Å². The molecule has 1 aliphatic carbocycles. The van der Waals surface area contributed by atoms with Crippen LogP contribution in [0.3, 0.4) is 0 Å². The first-order valence-corrected chi connectivity index (χ1v) is 11.9. The zero-order valence-corrected chi connectivity index (χ0v) is 21.3. The highest BCUT2D eigenvalue weighted by molar-refractivity contribution is 5.96. The number of pyridine rings is 1. The van der Waals surface area contributed by atoms with Crippen LogP contribution in [0.4, 0.5) is 4.79 Å². The summed E-state index contributed by atoms with van der Waals surface area (Å²) in [5.41, 5.74) is 9.33. The molecule has 0 bridgehead atoms. The Labute approximate surface area is 209 Å². The summed E-state index contributed by atoms with van der Waals surface area (Å²) < 4.78 is 9.76. The number of imidazole rings is 1. The molecule has 1 aliphatic rings. The Hall–Kier alpha value is -4.08. The summed E-state index contributed by atoms with van der Waals surface area (Å²) >= 11 is 0. The summed E-state index contributed by atoms with van der Waals surface area (Å²) in [5.74, 6) is 0.959. The van der Waals surface area contributed by atoms with Gasteiger partial charge < -0.3 is 29.6 Å². The number of fused-ring (bicyclic) bond motifs is 2. The third-order valence-electron chi connectivity index (χ3n) is 6.37. The number of benzene rings is 1. The number of carboxylic acids is 1. The summed E-state index contributed by atoms with van der Waals surface area (Å²) in [6.07, 6.45) is 3.37. The lowest BCUT2D eigenvalue weighted by atomic mass is 10.2. The van der Waals surface area contributed by atoms with Gasteiger partial charge in [-0.25, -0.2) is 19.6 Å². The van der Waals surface area contributed by atoms with Gasteiger partial charge in [0.15, 0.2) is 5.82 Å². The van der Waals surface area contributed by atoms with Crippen LogP contribution in [0.15, 0.2) is 30.3 Å². The van der Waals surface area contributed by atoms with Crippen molar-refractivity contribution in [1.29, 1.82) is 0 Å². The van der Waals surface area contributed by atoms with Gasteiger partial charge in [-0.3, -0.25) is 0 Å². The summed E-state index contributed by atoms with van der Waals surface area (Å²) in [6.45, 7) is 3.03. The maximum atomic E-state index is 11.5. The second-order valence-electron chi connectivity index (χ2n) is 9.23. The van der Waals surface area contributed by atoms with Gasteiger partial charge in [0.05, 0.1) is 23.9 Å². The number of aryl methyl sites for hydroxylation is 2. The molecular formula is C26H32N6O4. The van der Waals surface area contributed by atoms with Gasteiger partial charge in [0.25, 0.3) is 0 Å². The number of urea groups is 1. The molecule has 3 heterocycles. The standard InChI is InChI=1S/C23H24N4O3.C3H8N2O/c1-4-16-8-7-14-10-18(27(21(14)24-16)12-13-5-6-13)22-25-17-9-15(23(28)29)11-19(30-3)20(17)26(22)2;1-5(2)3(4)6/h7-11,13H,4-6,12H2,1-3H3,(H,28,29);1-2H3,(H2,4,6). The Balaban J connectivity index is 0.000000455. The number of hydrogen-bond donors (Lipinski definition) is 2. The summed E-state index contributed by atoms with van der Waals surface area (Å²) in [6, 6.07) is 9.08. The van der Waals surface area contributed by atoms with E-state index < -0.39 is 12.0 Å². The van der Waals surface area contributed by atoms with Gasteiger partial charge in [0.2, 0.25) is 0 Å². The quantitative estimate of drug-likeness (QED) is 0.420. The lowest BCUT2D eigenvalue weighted by molar-refractivity contribution is 0.0696. The Morgan fingerprint density at radius 2 is 1.89 bits per heavy atom. The van der Waals surface area contributed by atoms with E-state index in [4.69, 9.17) is 20.4 Å². The van der Waals surface area contributed by atoms with Gasteiger partial charge in [0.1, 0.15) is 16.9 Å². The molecule has 0 radical (unpaired) electrons. The third kappa shape index (κ3) is 4.84. The fourth-order valence-electron chi connectivity index (χ4n) is 4.11. The SMILES string of the molecule is CCc1ccc2cc(-c3nc4cc(C(=O)O)cc(OC)c4n3C)n(CC3CC3)c2n1.CN(C)C(N)=O. The van der Waals surface area contributed by atoms with E-state index in [1.165, 1.54) is 17.7 Å². The number of aromatic nitrogens is 4. The molecular weight excluding hydrogens is 460 g/mol. The first-order valence-electron chi connectivity index (χ1n) is 11.9. The molecule has 0 aliphatic heterocycles. The van der Waals surface area contributed by atoms with Crippen LogP contribution in [-0.4, -0.2) is 62.3 Å². The predicted molar refractivity (Wildman–Crippen MR) is 138 cm³/mol. The van der Waals surface area contributed by atoms with Crippen LogP contribution in [0.25, 0.3) is 33.6 Å². The van der Waals surface area contributed by atoms with Crippen molar-refractivity contribution < 1.29 is 19.4 Å². The molecule has 10 nitrogen and oxygen atoms in total. The van der Waals surface area contributed by atoms with E-state index in [-0.39, 0.29) is 5.56 Å². The average molecular weight is 493 g/mol. The first-order chi connectivity index (χ1) is 17.1. The molecule has 190 valence electrons. The van der Waals surface area contributed by atoms with Crippen molar-refractivity contribution in [2.75, 3.05) is 21.2 Å². The zero-order chi connectivity index (χ0) is 26.1. The fraction of sp³-hybridized carbons (Fsp3) is 0.385. The molecule has 2 amide bonds. The van der Waals surface area contributed by atoms with Gasteiger partial charge in [-0.2, -0.15) is 0 Å². The highest BCUT2D eigenvalue weighted by atomic mass is 16.5. The Bertz CT molecular complexity index is 1450. The normalized spacial score (nSPS) is 12.9. The topological polar surface area (TPSA) is 128 Å². The number of carboxylic acid groups (broad SMARTS) is 1. The number of primary amides is 1. The molecule has 4 aromatic rings. The number of nitrogens with zero attached hydrogens (tertiary/aromatic N) is 5. The number of rotatable bonds is 6. The summed E-state index contributed by atoms with van der Waals surface area (Å²) in [5, 5.41) is 10.5. The summed E-state index contributed by atoms with van der Waals surface area (Å²) in [4.78, 5) is 32.4. The number of carbonyl (C=O) groups is 2. The van der Waals surface area contributed by atoms with Gasteiger partial charge in [-0.05, 0) is 55.5 Å². The van der Waals surface area contributed by atoms with Crippen LogP contribution in [0, 0.1) is 5.92 Å². The molecule has 36 heavy (non-hydrogen) atoms. The Kier molecular flexibility index (Phi) is 6.87. The second kappa shape index (κ2) is 9.88. The van der Waals surface area contributed by atoms with E-state index >= 15 is 0 Å². The lowest BCUT2D eigenvalue weighted by Crippen LogP contribution is -2.27. The number of carbonyl (C=O) groups excluding carboxylic acids is 1. The van der Waals surface area contributed by atoms with Crippen LogP contribution in [0.5, 0.6) is 5.75 Å². The van der Waals surface area contributed by atoms with E-state index in [1.54, 1.807) is 33.3 Å². The maximum absolute atomic E-state index is 11.5. The molecule has 1 aromatic carbocycles. The van der Waals surface area contributed by atoms with E-state index in [2.05, 4.69) is 29.7 Å². The third-order valence-corrected chi connectivity index (χ3v) is 6.37. The Morgan fingerprint density at radius 1 is 1.19 bits per heavy atom. The van der Waals surface area contributed by atoms with Crippen LogP contribution in [0.2, 0.25) is 0 Å². The number of hydrogen-bond acceptors (Lipinski definition) is 5. The van der Waals surface area contributed by atoms with Crippen molar-refractivity contribution in [2.45, 2.75) is 32.7 Å². The van der Waals surface area contributed by atoms with Crippen molar-refractivity contribution in [3.05, 3.63) is 41.6 Å². The van der Waals surface area contributed by atoms with Crippen molar-refractivity contribution in [3.8, 4) is 17.3 Å². The highest BCUT2D eigenvalue weighted by Gasteiger charge is 2.26. The van der Waals surface area contributed by atoms with E-state index in [9.17, 15) is 14.7 Å². The number of amides is 2. The minimum atomic E-state index is -0.999. The lowest BCUT2D eigenvalue weighted by Gasteiger charge is -2.11. The molecule has 1 fully saturated rings. The molecule has 10 heteroatoms. The molecule has 3 aromatic heterocycles. The highest BCUT2D eigenvalue weighted by Crippen LogP contribution is 2.37. The maximum Gasteiger partial charge on any atom is 0.335 e. The van der Waals surface area contributed by atoms with Crippen molar-refractivity contribution >= 4 is 34.1 Å². The minimum absolute atomic E-state index is 0.164. The van der Waals surface area contributed by atoms with Crippen LogP contribution in [0.1, 0.15) is 35.8 Å². The zero-order valence-electron chi connectivity index (χ0n) is 21.3. The van der Waals surface area contributed by atoms with Crippen molar-refractivity contribution in [2.24, 2.45) is 18.7 Å². The van der Waals surface area contributed by atoms with Crippen molar-refractivity contribution in [3.63, 3.8) is 0 Å². The molecule has 0 saturated heterocycles. The number of ether oxygens (including phenoxy) is 1. The van der Waals surface area contributed by atoms with E-state index in [0.717, 1.165) is 46.7 Å². The molecule has 0 atom stereocenters. The summed E-state index contributed by atoms with van der Waals surface area (Å²) in [7, 11) is 6.69. The van der Waals surface area contributed by atoms with Crippen LogP contribution in [-0.2, 0) is 20.0 Å². The molecule has 1 saturated carbocycles. The predicted octanol–water partition coefficient (Wildman–Crippen LogP) is 3.90. The van der Waals surface area contributed by atoms with E-state index in [1.807, 2.05) is 11.6 Å². The van der Waals surface area contributed by atoms with Gasteiger partial charge in [-0.15, -0.1) is 0 Å². The largest absolute Gasteiger partial charge is 0.494 e. The second-order valence-corrected chi connectivity index (χ2v) is 9.23. The van der Waals surface area contributed by atoms with Crippen LogP contribution >= 0.6 is 0 Å². The number of nitrogens with two attached hydrogens (primary N) is 1. The first kappa shape index (κ1) is 25.0. The molecule has 0 spiro atoms.